The third-order valence-corrected chi connectivity index (χ3v) is 6.95. The topological polar surface area (TPSA) is 163 Å². The Kier molecular flexibility index (Phi) is 12.0. The highest BCUT2D eigenvalue weighted by Gasteiger charge is 2.34. The molecule has 0 saturated heterocycles. The lowest BCUT2D eigenvalue weighted by atomic mass is 9.85. The smallest absolute Gasteiger partial charge is 0.405 e. The van der Waals surface area contributed by atoms with Gasteiger partial charge in [0, 0.05) is 37.4 Å². The zero-order valence-electron chi connectivity index (χ0n) is 24.1. The fraction of sp³-hybridized carbons (Fsp3) is 0.517. The maximum Gasteiger partial charge on any atom is 0.405 e. The van der Waals surface area contributed by atoms with E-state index in [2.05, 4.69) is 5.32 Å². The zero-order chi connectivity index (χ0) is 30.1. The highest BCUT2D eigenvalue weighted by atomic mass is 16.6. The van der Waals surface area contributed by atoms with Crippen molar-refractivity contribution in [3.05, 3.63) is 58.6 Å². The summed E-state index contributed by atoms with van der Waals surface area (Å²) < 4.78 is 21.7. The second-order valence-corrected chi connectivity index (χ2v) is 10.1. The van der Waals surface area contributed by atoms with Crippen molar-refractivity contribution in [1.29, 1.82) is 0 Å². The van der Waals surface area contributed by atoms with Gasteiger partial charge < -0.3 is 35.1 Å². The molecule has 0 saturated carbocycles. The Labute approximate surface area is 234 Å². The van der Waals surface area contributed by atoms with Gasteiger partial charge in [-0.1, -0.05) is 38.2 Å². The molecule has 40 heavy (non-hydrogen) atoms. The Balaban J connectivity index is 2.60. The zero-order valence-corrected chi connectivity index (χ0v) is 24.1. The maximum atomic E-state index is 13.3. The van der Waals surface area contributed by atoms with E-state index in [1.54, 1.807) is 32.1 Å². The summed E-state index contributed by atoms with van der Waals surface area (Å²) in [6, 6.07) is 0. The Bertz CT molecular complexity index is 1150. The molecule has 0 radical (unpaired) electrons. The molecule has 2 amide bonds. The summed E-state index contributed by atoms with van der Waals surface area (Å²) in [6.45, 7) is 6.92. The van der Waals surface area contributed by atoms with E-state index in [9.17, 15) is 24.3 Å². The van der Waals surface area contributed by atoms with Gasteiger partial charge in [-0.15, -0.1) is 0 Å². The van der Waals surface area contributed by atoms with Gasteiger partial charge in [-0.05, 0) is 38.2 Å². The van der Waals surface area contributed by atoms with Crippen LogP contribution < -0.4 is 11.1 Å². The van der Waals surface area contributed by atoms with Crippen LogP contribution in [0.5, 0.6) is 0 Å². The van der Waals surface area contributed by atoms with Gasteiger partial charge in [0.15, 0.2) is 11.9 Å². The first kappa shape index (κ1) is 32.7. The molecule has 1 heterocycles. The van der Waals surface area contributed by atoms with Crippen molar-refractivity contribution in [1.82, 2.24) is 5.32 Å². The molecule has 2 aliphatic rings. The van der Waals surface area contributed by atoms with Gasteiger partial charge >= 0.3 is 6.09 Å². The van der Waals surface area contributed by atoms with Crippen molar-refractivity contribution in [3.63, 3.8) is 0 Å². The van der Waals surface area contributed by atoms with Crippen molar-refractivity contribution in [2.24, 2.45) is 17.6 Å². The highest BCUT2D eigenvalue weighted by molar-refractivity contribution is 6.23. The fourth-order valence-electron chi connectivity index (χ4n) is 4.78. The largest absolute Gasteiger partial charge is 0.492 e. The van der Waals surface area contributed by atoms with Crippen LogP contribution in [0.4, 0.5) is 4.79 Å². The van der Waals surface area contributed by atoms with Crippen LogP contribution in [0.25, 0.3) is 0 Å². The predicted molar refractivity (Wildman–Crippen MR) is 147 cm³/mol. The van der Waals surface area contributed by atoms with Gasteiger partial charge in [-0.25, -0.2) is 4.79 Å². The number of ketones is 2. The summed E-state index contributed by atoms with van der Waals surface area (Å²) in [5, 5.41) is 13.7. The number of rotatable bonds is 4. The minimum atomic E-state index is -1.00. The first-order valence-corrected chi connectivity index (χ1v) is 13.0. The van der Waals surface area contributed by atoms with Gasteiger partial charge in [-0.2, -0.15) is 0 Å². The third kappa shape index (κ3) is 8.23. The van der Waals surface area contributed by atoms with E-state index in [-0.39, 0.29) is 34.9 Å². The minimum absolute atomic E-state index is 0.0801. The monoisotopic (exact) mass is 560 g/mol. The number of carbonyl (C=O) groups is 4. The van der Waals surface area contributed by atoms with Crippen LogP contribution in [-0.2, 0) is 33.3 Å². The number of fused-ring (bicyclic) bond motifs is 2. The summed E-state index contributed by atoms with van der Waals surface area (Å²) in [5.41, 5.74) is 6.12. The Morgan fingerprint density at radius 1 is 1.10 bits per heavy atom. The summed E-state index contributed by atoms with van der Waals surface area (Å²) in [5.74, 6) is -2.39. The van der Waals surface area contributed by atoms with Crippen LogP contribution in [0, 0.1) is 11.8 Å². The van der Waals surface area contributed by atoms with Gasteiger partial charge in [0.05, 0.1) is 25.0 Å². The lowest BCUT2D eigenvalue weighted by Crippen LogP contribution is -2.37. The molecular formula is C29H40N2O9. The molecule has 11 nitrogen and oxygen atoms in total. The average Bonchev–Trinajstić information content (AvgIpc) is 2.90. The number of methoxy groups -OCH3 is 3. The fourth-order valence-corrected chi connectivity index (χ4v) is 4.78. The number of Topliss-reactive ketones (excluding diaryl/α,β-unsaturated/α-hetero) is 1. The second kappa shape index (κ2) is 14.7. The van der Waals surface area contributed by atoms with Crippen molar-refractivity contribution < 1.29 is 43.2 Å². The van der Waals surface area contributed by atoms with E-state index in [1.807, 2.05) is 6.92 Å². The summed E-state index contributed by atoms with van der Waals surface area (Å²) in [4.78, 5) is 50.6. The van der Waals surface area contributed by atoms with Crippen LogP contribution >= 0.6 is 0 Å². The standard InChI is InChI=1S/C29H40N2O9/c1-15-11-19-25(34)20(14-21(32)27(19)39-7)31-28(35)16(2)9-8-10-22(37-5)26(40-29(30)36)18(4)13-17(3)24(33)23(12-15)38-6/h8-10,13-15,17,22-24,26,33H,11-12H2,1-7H3,(H2,30,36)(H,31,35)/b10-8+,16-9+,18-13-/t15-,17-,22+,23-,24-,26-/m1/s1. The summed E-state index contributed by atoms with van der Waals surface area (Å²) in [6.07, 6.45) is 3.61. The Morgan fingerprint density at radius 3 is 2.35 bits per heavy atom. The first-order valence-electron chi connectivity index (χ1n) is 13.0. The Hall–Kier alpha value is -3.54. The molecule has 1 aliphatic carbocycles. The molecule has 1 aliphatic heterocycles. The van der Waals surface area contributed by atoms with Crippen molar-refractivity contribution in [2.45, 2.75) is 65.0 Å². The number of amides is 2. The highest BCUT2D eigenvalue weighted by Crippen LogP contribution is 2.29. The SMILES string of the molecule is COC1=C2C[C@@H](C)C[C@@H](OC)[C@H](O)[C@H](C)/C=C(/C)[C@@H](OC(N)=O)[C@@H](OC)/C=C/C=C(\C)C(=O)NC(=CC1=O)C2=O. The number of aliphatic hydroxyl groups excluding tert-OH is 1. The first-order chi connectivity index (χ1) is 18.8. The van der Waals surface area contributed by atoms with E-state index in [0.717, 1.165) is 6.08 Å². The van der Waals surface area contributed by atoms with E-state index >= 15 is 0 Å². The van der Waals surface area contributed by atoms with E-state index in [1.165, 1.54) is 34.3 Å². The molecule has 0 unspecified atom stereocenters. The number of carbonyl (C=O) groups excluding carboxylic acids is 4. The molecule has 220 valence electrons. The number of hydrogen-bond donors (Lipinski definition) is 3. The lowest BCUT2D eigenvalue weighted by Gasteiger charge is -2.29. The molecule has 2 rings (SSSR count). The van der Waals surface area contributed by atoms with Gasteiger partial charge in [0.25, 0.3) is 5.91 Å². The van der Waals surface area contributed by atoms with Gasteiger partial charge in [-0.3, -0.25) is 14.4 Å². The van der Waals surface area contributed by atoms with Crippen molar-refractivity contribution in [3.8, 4) is 0 Å². The minimum Gasteiger partial charge on any atom is -0.492 e. The number of nitrogens with one attached hydrogen (secondary N) is 1. The molecule has 11 heteroatoms. The summed E-state index contributed by atoms with van der Waals surface area (Å²) in [7, 11) is 4.21. The van der Waals surface area contributed by atoms with Crippen LogP contribution in [0.1, 0.15) is 40.5 Å². The number of ether oxygens (including phenoxy) is 4. The van der Waals surface area contributed by atoms with Crippen molar-refractivity contribution >= 4 is 23.6 Å². The summed E-state index contributed by atoms with van der Waals surface area (Å²) >= 11 is 0. The van der Waals surface area contributed by atoms with Crippen LogP contribution in [0.3, 0.4) is 0 Å². The van der Waals surface area contributed by atoms with Crippen LogP contribution in [0.15, 0.2) is 58.6 Å². The predicted octanol–water partition coefficient (Wildman–Crippen LogP) is 2.41. The molecule has 0 spiro atoms. The molecule has 4 N–H and O–H groups in total. The molecule has 2 bridgehead atoms. The number of aliphatic hydroxyl groups is 1. The van der Waals surface area contributed by atoms with Crippen LogP contribution in [0.2, 0.25) is 0 Å². The number of primary amides is 1. The number of hydrogen-bond acceptors (Lipinski definition) is 9. The van der Waals surface area contributed by atoms with Gasteiger partial charge in [0.1, 0.15) is 6.10 Å². The molecule has 0 fully saturated rings. The molecule has 6 atom stereocenters. The molecule has 0 aromatic carbocycles. The quantitative estimate of drug-likeness (QED) is 0.346. The Morgan fingerprint density at radius 2 is 1.77 bits per heavy atom. The molecule has 0 aromatic heterocycles. The lowest BCUT2D eigenvalue weighted by molar-refractivity contribution is -0.120. The van der Waals surface area contributed by atoms with E-state index < -0.39 is 53.9 Å². The maximum absolute atomic E-state index is 13.3. The van der Waals surface area contributed by atoms with E-state index in [4.69, 9.17) is 24.7 Å². The van der Waals surface area contributed by atoms with Crippen molar-refractivity contribution in [2.75, 3.05) is 21.3 Å². The molecular weight excluding hydrogens is 520 g/mol. The molecule has 0 aromatic rings. The average molecular weight is 561 g/mol. The number of nitrogens with two attached hydrogens (primary N) is 1. The normalized spacial score (nSPS) is 32.7. The number of allylic oxidation sites excluding steroid dienone is 4. The van der Waals surface area contributed by atoms with Gasteiger partial charge in [0.2, 0.25) is 11.6 Å². The third-order valence-electron chi connectivity index (χ3n) is 6.95. The van der Waals surface area contributed by atoms with E-state index in [0.29, 0.717) is 12.0 Å². The second-order valence-electron chi connectivity index (χ2n) is 10.1. The van der Waals surface area contributed by atoms with Crippen LogP contribution in [-0.4, -0.2) is 74.4 Å².